The fourth-order valence-electron chi connectivity index (χ4n) is 1.43. The second-order valence-electron chi connectivity index (χ2n) is 3.79. The predicted molar refractivity (Wildman–Crippen MR) is 70.0 cm³/mol. The number of benzene rings is 1. The minimum atomic E-state index is -0.517. The maximum absolute atomic E-state index is 10.7. The van der Waals surface area contributed by atoms with E-state index in [4.69, 9.17) is 11.6 Å². The molecule has 0 heterocycles. The molecule has 0 aromatic heterocycles. The Balaban J connectivity index is 2.70. The largest absolute Gasteiger partial charge is 0.383 e. The summed E-state index contributed by atoms with van der Waals surface area (Å²) in [6, 6.07) is 2.94. The second-order valence-corrected chi connectivity index (χ2v) is 4.19. The van der Waals surface area contributed by atoms with Crippen molar-refractivity contribution in [1.82, 2.24) is 5.32 Å². The number of carbonyl (C=O) groups excluding carboxylic acids is 1. The first kappa shape index (κ1) is 14.2. The molecular weight excluding hydrogens is 258 g/mol. The van der Waals surface area contributed by atoms with Crippen molar-refractivity contribution in [2.75, 3.05) is 18.4 Å². The first-order valence-corrected chi connectivity index (χ1v) is 5.72. The van der Waals surface area contributed by atoms with Gasteiger partial charge >= 0.3 is 0 Å². The molecule has 1 amide bonds. The van der Waals surface area contributed by atoms with Crippen LogP contribution in [0.2, 0.25) is 5.02 Å². The van der Waals surface area contributed by atoms with Gasteiger partial charge in [0.1, 0.15) is 5.02 Å². The zero-order valence-corrected chi connectivity index (χ0v) is 10.9. The number of nitro benzene ring substituents is 1. The van der Waals surface area contributed by atoms with Crippen molar-refractivity contribution < 1.29 is 9.72 Å². The van der Waals surface area contributed by atoms with Gasteiger partial charge in [-0.25, -0.2) is 0 Å². The van der Waals surface area contributed by atoms with E-state index in [1.807, 2.05) is 0 Å². The fourth-order valence-corrected chi connectivity index (χ4v) is 1.67. The van der Waals surface area contributed by atoms with Gasteiger partial charge in [0.25, 0.3) is 5.69 Å². The third kappa shape index (κ3) is 3.89. The third-order valence-electron chi connectivity index (χ3n) is 2.30. The Morgan fingerprint density at radius 3 is 2.67 bits per heavy atom. The van der Waals surface area contributed by atoms with E-state index in [1.165, 1.54) is 19.1 Å². The van der Waals surface area contributed by atoms with Gasteiger partial charge in [-0.3, -0.25) is 14.9 Å². The van der Waals surface area contributed by atoms with E-state index in [2.05, 4.69) is 10.6 Å². The van der Waals surface area contributed by atoms with Gasteiger partial charge < -0.3 is 10.6 Å². The molecule has 98 valence electrons. The highest BCUT2D eigenvalue weighted by atomic mass is 35.5. The zero-order chi connectivity index (χ0) is 13.7. The average molecular weight is 272 g/mol. The molecule has 1 aromatic rings. The molecule has 1 aromatic carbocycles. The van der Waals surface area contributed by atoms with Gasteiger partial charge in [-0.1, -0.05) is 11.6 Å². The highest BCUT2D eigenvalue weighted by Gasteiger charge is 2.14. The topological polar surface area (TPSA) is 84.3 Å². The van der Waals surface area contributed by atoms with Crippen LogP contribution in [0.15, 0.2) is 12.1 Å². The number of rotatable bonds is 5. The molecule has 0 aliphatic rings. The fraction of sp³-hybridized carbons (Fsp3) is 0.364. The van der Waals surface area contributed by atoms with Crippen LogP contribution >= 0.6 is 11.6 Å². The van der Waals surface area contributed by atoms with Crippen LogP contribution in [0.5, 0.6) is 0 Å². The lowest BCUT2D eigenvalue weighted by molar-refractivity contribution is -0.384. The molecule has 6 nitrogen and oxygen atoms in total. The second kappa shape index (κ2) is 6.20. The van der Waals surface area contributed by atoms with Crippen LogP contribution in [-0.4, -0.2) is 23.9 Å². The van der Waals surface area contributed by atoms with Crippen molar-refractivity contribution in [3.8, 4) is 0 Å². The van der Waals surface area contributed by atoms with E-state index in [-0.39, 0.29) is 16.6 Å². The Hall–Kier alpha value is -1.82. The summed E-state index contributed by atoms with van der Waals surface area (Å²) in [5.74, 6) is -0.102. The van der Waals surface area contributed by atoms with Crippen LogP contribution in [-0.2, 0) is 4.79 Å². The van der Waals surface area contributed by atoms with E-state index in [9.17, 15) is 14.9 Å². The molecule has 0 aliphatic carbocycles. The van der Waals surface area contributed by atoms with Crippen molar-refractivity contribution in [2.24, 2.45) is 0 Å². The maximum atomic E-state index is 10.7. The average Bonchev–Trinajstić information content (AvgIpc) is 2.27. The van der Waals surface area contributed by atoms with Crippen LogP contribution in [0.4, 0.5) is 11.4 Å². The summed E-state index contributed by atoms with van der Waals surface area (Å²) in [4.78, 5) is 20.8. The molecule has 0 bridgehead atoms. The number of anilines is 1. The monoisotopic (exact) mass is 271 g/mol. The van der Waals surface area contributed by atoms with Crippen molar-refractivity contribution in [3.63, 3.8) is 0 Å². The van der Waals surface area contributed by atoms with Gasteiger partial charge in [0, 0.05) is 31.8 Å². The first-order valence-electron chi connectivity index (χ1n) is 5.34. The van der Waals surface area contributed by atoms with Crippen molar-refractivity contribution in [3.05, 3.63) is 32.8 Å². The van der Waals surface area contributed by atoms with Crippen molar-refractivity contribution >= 4 is 28.9 Å². The van der Waals surface area contributed by atoms with Crippen LogP contribution in [0.3, 0.4) is 0 Å². The molecule has 0 spiro atoms. The molecule has 7 heteroatoms. The lowest BCUT2D eigenvalue weighted by Gasteiger charge is -2.10. The Morgan fingerprint density at radius 1 is 1.44 bits per heavy atom. The maximum Gasteiger partial charge on any atom is 0.288 e. The summed E-state index contributed by atoms with van der Waals surface area (Å²) in [5, 5.41) is 16.5. The van der Waals surface area contributed by atoms with Crippen LogP contribution in [0.1, 0.15) is 12.5 Å². The summed E-state index contributed by atoms with van der Waals surface area (Å²) < 4.78 is 0. The first-order chi connectivity index (χ1) is 8.41. The minimum absolute atomic E-state index is 0.0904. The summed E-state index contributed by atoms with van der Waals surface area (Å²) in [6.45, 7) is 4.19. The number of amides is 1. The molecule has 0 saturated heterocycles. The molecule has 0 saturated carbocycles. The number of nitro groups is 1. The molecule has 2 N–H and O–H groups in total. The number of halogens is 1. The van der Waals surface area contributed by atoms with Crippen LogP contribution in [0, 0.1) is 17.0 Å². The lowest BCUT2D eigenvalue weighted by Crippen LogP contribution is -2.26. The van der Waals surface area contributed by atoms with Gasteiger partial charge in [-0.15, -0.1) is 0 Å². The standard InChI is InChI=1S/C11H14ClN3O3/c1-7-5-11(15(17)18)9(12)6-10(7)14-4-3-13-8(2)16/h5-6,14H,3-4H2,1-2H3,(H,13,16). The van der Waals surface area contributed by atoms with E-state index < -0.39 is 4.92 Å². The van der Waals surface area contributed by atoms with Crippen LogP contribution in [0.25, 0.3) is 0 Å². The highest BCUT2D eigenvalue weighted by Crippen LogP contribution is 2.30. The summed E-state index contributed by atoms with van der Waals surface area (Å²) in [5.41, 5.74) is 1.34. The molecule has 18 heavy (non-hydrogen) atoms. The van der Waals surface area contributed by atoms with Gasteiger partial charge in [-0.2, -0.15) is 0 Å². The number of hydrogen-bond acceptors (Lipinski definition) is 4. The molecule has 0 radical (unpaired) electrons. The Labute approximate surface area is 109 Å². The summed E-state index contributed by atoms with van der Waals surface area (Å²) >= 11 is 5.81. The molecule has 1 rings (SSSR count). The number of carbonyl (C=O) groups is 1. The molecule has 0 fully saturated rings. The number of aryl methyl sites for hydroxylation is 1. The number of nitrogens with zero attached hydrogens (tertiary/aromatic N) is 1. The van der Waals surface area contributed by atoms with E-state index in [1.54, 1.807) is 6.92 Å². The Morgan fingerprint density at radius 2 is 2.11 bits per heavy atom. The number of hydrogen-bond donors (Lipinski definition) is 2. The molecular formula is C11H14ClN3O3. The van der Waals surface area contributed by atoms with Crippen molar-refractivity contribution in [1.29, 1.82) is 0 Å². The molecule has 0 unspecified atom stereocenters. The smallest absolute Gasteiger partial charge is 0.288 e. The van der Waals surface area contributed by atoms with Gasteiger partial charge in [0.2, 0.25) is 5.91 Å². The highest BCUT2D eigenvalue weighted by molar-refractivity contribution is 6.33. The number of nitrogens with one attached hydrogen (secondary N) is 2. The summed E-state index contributed by atoms with van der Waals surface area (Å²) in [6.07, 6.45) is 0. The SMILES string of the molecule is CC(=O)NCCNc1cc(Cl)c([N+](=O)[O-])cc1C. The molecule has 0 atom stereocenters. The van der Waals surface area contributed by atoms with Gasteiger partial charge in [0.15, 0.2) is 0 Å². The molecule has 0 aliphatic heterocycles. The van der Waals surface area contributed by atoms with Crippen molar-refractivity contribution in [2.45, 2.75) is 13.8 Å². The quantitative estimate of drug-likeness (QED) is 0.488. The van der Waals surface area contributed by atoms with E-state index >= 15 is 0 Å². The normalized spacial score (nSPS) is 9.94. The minimum Gasteiger partial charge on any atom is -0.383 e. The lowest BCUT2D eigenvalue weighted by atomic mass is 10.2. The van der Waals surface area contributed by atoms with Crippen LogP contribution < -0.4 is 10.6 Å². The van der Waals surface area contributed by atoms with Gasteiger partial charge in [0.05, 0.1) is 4.92 Å². The summed E-state index contributed by atoms with van der Waals surface area (Å²) in [7, 11) is 0. The zero-order valence-electron chi connectivity index (χ0n) is 10.1. The predicted octanol–water partition coefficient (Wildman–Crippen LogP) is 2.10. The Kier molecular flexibility index (Phi) is 4.91. The third-order valence-corrected chi connectivity index (χ3v) is 2.61. The van der Waals surface area contributed by atoms with E-state index in [0.29, 0.717) is 13.1 Å². The van der Waals surface area contributed by atoms with Gasteiger partial charge in [-0.05, 0) is 18.6 Å². The Bertz CT molecular complexity index is 477. The van der Waals surface area contributed by atoms with E-state index in [0.717, 1.165) is 11.3 Å².